The van der Waals surface area contributed by atoms with Gasteiger partial charge in [0, 0.05) is 12.5 Å². The average Bonchev–Trinajstić information content (AvgIpc) is 2.24. The zero-order chi connectivity index (χ0) is 14.3. The molecule has 0 saturated carbocycles. The van der Waals surface area contributed by atoms with Gasteiger partial charge in [0.1, 0.15) is 5.78 Å². The summed E-state index contributed by atoms with van der Waals surface area (Å²) in [4.78, 5) is 22.9. The lowest BCUT2D eigenvalue weighted by atomic mass is 10.0. The van der Waals surface area contributed by atoms with Crippen molar-refractivity contribution in [3.05, 3.63) is 0 Å². The Labute approximate surface area is 108 Å². The van der Waals surface area contributed by atoms with E-state index in [9.17, 15) is 18.0 Å². The summed E-state index contributed by atoms with van der Waals surface area (Å²) in [7, 11) is -4.17. The summed E-state index contributed by atoms with van der Waals surface area (Å²) >= 11 is 0. The van der Waals surface area contributed by atoms with Crippen LogP contribution in [0.5, 0.6) is 0 Å². The van der Waals surface area contributed by atoms with Crippen LogP contribution in [0.3, 0.4) is 0 Å². The number of Topliss-reactive ketones (excluding diaryl/α,β-unsaturated/α-hetero) is 1. The number of hydrogen-bond donors (Lipinski definition) is 2. The van der Waals surface area contributed by atoms with Gasteiger partial charge < -0.3 is 5.32 Å². The number of carbonyl (C=O) groups is 2. The van der Waals surface area contributed by atoms with Gasteiger partial charge in [-0.15, -0.1) is 0 Å². The van der Waals surface area contributed by atoms with E-state index in [0.717, 1.165) is 0 Å². The molecule has 0 rings (SSSR count). The number of ketones is 1. The highest BCUT2D eigenvalue weighted by molar-refractivity contribution is 7.85. The Morgan fingerprint density at radius 3 is 2.00 bits per heavy atom. The lowest BCUT2D eigenvalue weighted by molar-refractivity contribution is -0.125. The number of rotatable bonds is 8. The molecule has 2 unspecified atom stereocenters. The molecule has 0 spiro atoms. The fraction of sp³-hybridized carbons (Fsp3) is 0.818. The van der Waals surface area contributed by atoms with Crippen LogP contribution in [0.4, 0.5) is 0 Å². The van der Waals surface area contributed by atoms with Crippen LogP contribution in [0.1, 0.15) is 33.6 Å². The molecule has 0 aromatic carbocycles. The van der Waals surface area contributed by atoms with Gasteiger partial charge in [0.05, 0.1) is 11.7 Å². The largest absolute Gasteiger partial charge is 0.355 e. The van der Waals surface area contributed by atoms with Crippen molar-refractivity contribution in [2.75, 3.05) is 12.3 Å². The molecular formula is C11H21NO5S. The van der Waals surface area contributed by atoms with E-state index in [2.05, 4.69) is 5.32 Å². The first-order chi connectivity index (χ1) is 8.21. The van der Waals surface area contributed by atoms with Gasteiger partial charge in [-0.2, -0.15) is 8.42 Å². The number of nitrogens with one attached hydrogen (secondary N) is 1. The van der Waals surface area contributed by atoms with E-state index < -0.39 is 27.7 Å². The van der Waals surface area contributed by atoms with Gasteiger partial charge in [-0.3, -0.25) is 14.1 Å². The SMILES string of the molecule is CCC(CNC(=O)C(CC)CS(=O)(=O)O)C(C)=O. The Balaban J connectivity index is 4.41. The molecule has 0 fully saturated rings. The van der Waals surface area contributed by atoms with Gasteiger partial charge in [-0.05, 0) is 19.8 Å². The summed E-state index contributed by atoms with van der Waals surface area (Å²) in [6.07, 6.45) is 0.924. The van der Waals surface area contributed by atoms with Gasteiger partial charge in [0.25, 0.3) is 10.1 Å². The summed E-state index contributed by atoms with van der Waals surface area (Å²) in [5, 5.41) is 2.55. The van der Waals surface area contributed by atoms with E-state index in [1.807, 2.05) is 6.92 Å². The molecule has 0 radical (unpaired) electrons. The van der Waals surface area contributed by atoms with Gasteiger partial charge in [0.15, 0.2) is 0 Å². The molecule has 18 heavy (non-hydrogen) atoms. The van der Waals surface area contributed by atoms with Crippen LogP contribution in [0.25, 0.3) is 0 Å². The minimum atomic E-state index is -4.17. The third-order valence-corrected chi connectivity index (χ3v) is 3.69. The Bertz CT molecular complexity index is 390. The first-order valence-corrected chi connectivity index (χ1v) is 7.55. The molecule has 0 aliphatic rings. The third-order valence-electron chi connectivity index (χ3n) is 2.87. The van der Waals surface area contributed by atoms with Crippen LogP contribution in [0, 0.1) is 11.8 Å². The molecular weight excluding hydrogens is 258 g/mol. The highest BCUT2D eigenvalue weighted by Gasteiger charge is 2.23. The molecule has 1 amide bonds. The smallest absolute Gasteiger partial charge is 0.265 e. The Kier molecular flexibility index (Phi) is 7.08. The van der Waals surface area contributed by atoms with E-state index in [0.29, 0.717) is 12.8 Å². The van der Waals surface area contributed by atoms with Crippen LogP contribution in [0.15, 0.2) is 0 Å². The molecule has 0 aliphatic carbocycles. The van der Waals surface area contributed by atoms with Crippen molar-refractivity contribution in [3.8, 4) is 0 Å². The summed E-state index contributed by atoms with van der Waals surface area (Å²) in [6.45, 7) is 5.16. The predicted molar refractivity (Wildman–Crippen MR) is 67.7 cm³/mol. The molecule has 2 N–H and O–H groups in total. The third kappa shape index (κ3) is 6.70. The maximum absolute atomic E-state index is 11.7. The molecule has 0 heterocycles. The maximum atomic E-state index is 11.7. The molecule has 0 saturated heterocycles. The Hall–Kier alpha value is -0.950. The van der Waals surface area contributed by atoms with Gasteiger partial charge in [-0.25, -0.2) is 0 Å². The zero-order valence-electron chi connectivity index (χ0n) is 11.0. The normalized spacial score (nSPS) is 14.9. The Morgan fingerprint density at radius 2 is 1.67 bits per heavy atom. The minimum Gasteiger partial charge on any atom is -0.355 e. The second-order valence-electron chi connectivity index (χ2n) is 4.31. The molecule has 106 valence electrons. The molecule has 0 aromatic rings. The summed E-state index contributed by atoms with van der Waals surface area (Å²) in [6, 6.07) is 0. The first kappa shape index (κ1) is 17.1. The number of carbonyl (C=O) groups excluding carboxylic acids is 2. The van der Waals surface area contributed by atoms with Crippen molar-refractivity contribution in [1.82, 2.24) is 5.32 Å². The van der Waals surface area contributed by atoms with Gasteiger partial charge >= 0.3 is 0 Å². The van der Waals surface area contributed by atoms with Crippen molar-refractivity contribution < 1.29 is 22.6 Å². The standard InChI is InChI=1S/C11H21NO5S/c1-4-9(8(3)13)6-12-11(14)10(5-2)7-18(15,16)17/h9-10H,4-7H2,1-3H3,(H,12,14)(H,15,16,17). The van der Waals surface area contributed by atoms with Crippen LogP contribution in [-0.4, -0.2) is 37.0 Å². The fourth-order valence-corrected chi connectivity index (χ4v) is 2.47. The minimum absolute atomic E-state index is 0.0133. The molecule has 2 atom stereocenters. The van der Waals surface area contributed by atoms with E-state index in [1.165, 1.54) is 6.92 Å². The van der Waals surface area contributed by atoms with Crippen molar-refractivity contribution >= 4 is 21.8 Å². The van der Waals surface area contributed by atoms with Crippen molar-refractivity contribution in [2.45, 2.75) is 33.6 Å². The molecule has 0 aromatic heterocycles. The second-order valence-corrected chi connectivity index (χ2v) is 5.81. The van der Waals surface area contributed by atoms with Gasteiger partial charge in [0.2, 0.25) is 5.91 Å². The monoisotopic (exact) mass is 279 g/mol. The topological polar surface area (TPSA) is 101 Å². The van der Waals surface area contributed by atoms with Crippen molar-refractivity contribution in [2.24, 2.45) is 11.8 Å². The van der Waals surface area contributed by atoms with E-state index >= 15 is 0 Å². The highest BCUT2D eigenvalue weighted by Crippen LogP contribution is 2.08. The van der Waals surface area contributed by atoms with Crippen molar-refractivity contribution in [1.29, 1.82) is 0 Å². The van der Waals surface area contributed by atoms with Crippen LogP contribution >= 0.6 is 0 Å². The summed E-state index contributed by atoms with van der Waals surface area (Å²) in [5.74, 6) is -2.09. The molecule has 0 bridgehead atoms. The van der Waals surface area contributed by atoms with E-state index in [-0.39, 0.29) is 18.2 Å². The van der Waals surface area contributed by atoms with Gasteiger partial charge in [-0.1, -0.05) is 13.8 Å². The second kappa shape index (κ2) is 7.48. The maximum Gasteiger partial charge on any atom is 0.265 e. The lowest BCUT2D eigenvalue weighted by Gasteiger charge is -2.16. The summed E-state index contributed by atoms with van der Waals surface area (Å²) < 4.78 is 30.2. The Morgan fingerprint density at radius 1 is 1.17 bits per heavy atom. The first-order valence-electron chi connectivity index (χ1n) is 5.94. The number of amides is 1. The zero-order valence-corrected chi connectivity index (χ0v) is 11.8. The fourth-order valence-electron chi connectivity index (χ4n) is 1.58. The van der Waals surface area contributed by atoms with E-state index in [1.54, 1.807) is 6.92 Å². The van der Waals surface area contributed by atoms with Crippen LogP contribution in [-0.2, 0) is 19.7 Å². The van der Waals surface area contributed by atoms with Crippen molar-refractivity contribution in [3.63, 3.8) is 0 Å². The lowest BCUT2D eigenvalue weighted by Crippen LogP contribution is -2.38. The quantitative estimate of drug-likeness (QED) is 0.635. The van der Waals surface area contributed by atoms with Crippen LogP contribution in [0.2, 0.25) is 0 Å². The molecule has 7 heteroatoms. The number of hydrogen-bond acceptors (Lipinski definition) is 4. The van der Waals surface area contributed by atoms with E-state index in [4.69, 9.17) is 4.55 Å². The predicted octanol–water partition coefficient (Wildman–Crippen LogP) is 0.632. The average molecular weight is 279 g/mol. The highest BCUT2D eigenvalue weighted by atomic mass is 32.2. The summed E-state index contributed by atoms with van der Waals surface area (Å²) in [5.41, 5.74) is 0. The van der Waals surface area contributed by atoms with Crippen LogP contribution < -0.4 is 5.32 Å². The molecule has 0 aliphatic heterocycles. The molecule has 6 nitrogen and oxygen atoms in total.